The second kappa shape index (κ2) is 7.22. The molecule has 3 rings (SSSR count). The summed E-state index contributed by atoms with van der Waals surface area (Å²) in [4.78, 5) is 3.79. The quantitative estimate of drug-likeness (QED) is 0.912. The van der Waals surface area contributed by atoms with E-state index in [-0.39, 0.29) is 12.4 Å². The van der Waals surface area contributed by atoms with Crippen molar-refractivity contribution in [2.75, 3.05) is 20.1 Å². The van der Waals surface area contributed by atoms with Crippen LogP contribution in [0.1, 0.15) is 18.4 Å². The first-order chi connectivity index (χ1) is 9.36. The average Bonchev–Trinajstić information content (AvgIpc) is 3.09. The maximum absolute atomic E-state index is 4.22. The SMILES string of the molecule is CNC1CCCN(Cc2cn[nH]c2-c2cccs2)C1.Cl. The largest absolute Gasteiger partial charge is 0.316 e. The molecule has 1 atom stereocenters. The van der Waals surface area contributed by atoms with Crippen molar-refractivity contribution < 1.29 is 0 Å². The van der Waals surface area contributed by atoms with Gasteiger partial charge in [0.25, 0.3) is 0 Å². The van der Waals surface area contributed by atoms with Crippen LogP contribution in [0.4, 0.5) is 0 Å². The molecule has 4 nitrogen and oxygen atoms in total. The fourth-order valence-corrected chi connectivity index (χ4v) is 3.50. The molecule has 2 aromatic rings. The van der Waals surface area contributed by atoms with Gasteiger partial charge in [-0.05, 0) is 37.9 Å². The summed E-state index contributed by atoms with van der Waals surface area (Å²) in [6.07, 6.45) is 4.53. The smallest absolute Gasteiger partial charge is 0.0794 e. The zero-order valence-electron chi connectivity index (χ0n) is 11.6. The highest BCUT2D eigenvalue weighted by molar-refractivity contribution is 7.13. The molecule has 0 radical (unpaired) electrons. The third kappa shape index (κ3) is 3.41. The summed E-state index contributed by atoms with van der Waals surface area (Å²) in [6.45, 7) is 3.31. The van der Waals surface area contributed by atoms with Crippen LogP contribution >= 0.6 is 23.7 Å². The van der Waals surface area contributed by atoms with Crippen LogP contribution in [0.3, 0.4) is 0 Å². The van der Waals surface area contributed by atoms with E-state index in [1.807, 2.05) is 6.20 Å². The number of rotatable bonds is 4. The molecule has 0 aromatic carbocycles. The van der Waals surface area contributed by atoms with E-state index in [0.717, 1.165) is 13.1 Å². The molecule has 1 fully saturated rings. The van der Waals surface area contributed by atoms with Gasteiger partial charge < -0.3 is 5.32 Å². The monoisotopic (exact) mass is 312 g/mol. The van der Waals surface area contributed by atoms with Crippen molar-refractivity contribution in [3.63, 3.8) is 0 Å². The molecule has 20 heavy (non-hydrogen) atoms. The van der Waals surface area contributed by atoms with E-state index in [2.05, 4.69) is 45.0 Å². The summed E-state index contributed by atoms with van der Waals surface area (Å²) in [5, 5.41) is 12.9. The molecule has 110 valence electrons. The lowest BCUT2D eigenvalue weighted by Crippen LogP contribution is -2.43. The third-order valence-corrected chi connectivity index (χ3v) is 4.68. The van der Waals surface area contributed by atoms with Gasteiger partial charge in [0.2, 0.25) is 0 Å². The standard InChI is InChI=1S/C14H20N4S.ClH/c1-15-12-4-2-6-18(10-12)9-11-8-16-17-14(11)13-5-3-7-19-13;/h3,5,7-8,12,15H,2,4,6,9-10H2,1H3,(H,16,17);1H. The fourth-order valence-electron chi connectivity index (χ4n) is 2.74. The van der Waals surface area contributed by atoms with E-state index in [1.54, 1.807) is 11.3 Å². The molecule has 0 spiro atoms. The minimum absolute atomic E-state index is 0. The first-order valence-electron chi connectivity index (χ1n) is 6.82. The number of likely N-dealkylation sites (tertiary alicyclic amines) is 1. The highest BCUT2D eigenvalue weighted by Crippen LogP contribution is 2.27. The summed E-state index contributed by atoms with van der Waals surface area (Å²) in [6, 6.07) is 4.86. The maximum atomic E-state index is 4.22. The number of nitrogens with one attached hydrogen (secondary N) is 2. The van der Waals surface area contributed by atoms with Gasteiger partial charge in [-0.25, -0.2) is 0 Å². The van der Waals surface area contributed by atoms with Gasteiger partial charge in [0, 0.05) is 24.7 Å². The van der Waals surface area contributed by atoms with Gasteiger partial charge in [0.15, 0.2) is 0 Å². The number of nitrogens with zero attached hydrogens (tertiary/aromatic N) is 2. The van der Waals surface area contributed by atoms with Crippen LogP contribution in [0.2, 0.25) is 0 Å². The van der Waals surface area contributed by atoms with Crippen molar-refractivity contribution >= 4 is 23.7 Å². The predicted molar refractivity (Wildman–Crippen MR) is 86.5 cm³/mol. The Labute approximate surface area is 130 Å². The Morgan fingerprint density at radius 3 is 3.20 bits per heavy atom. The van der Waals surface area contributed by atoms with Gasteiger partial charge >= 0.3 is 0 Å². The van der Waals surface area contributed by atoms with Crippen molar-refractivity contribution in [2.24, 2.45) is 0 Å². The van der Waals surface area contributed by atoms with Gasteiger partial charge in [-0.2, -0.15) is 5.10 Å². The van der Waals surface area contributed by atoms with Crippen LogP contribution in [0.15, 0.2) is 23.7 Å². The highest BCUT2D eigenvalue weighted by Gasteiger charge is 2.20. The number of halogens is 1. The van der Waals surface area contributed by atoms with E-state index in [9.17, 15) is 0 Å². The molecular formula is C14H21ClN4S. The lowest BCUT2D eigenvalue weighted by atomic mass is 10.1. The molecule has 1 unspecified atom stereocenters. The van der Waals surface area contributed by atoms with Crippen LogP contribution in [-0.4, -0.2) is 41.3 Å². The van der Waals surface area contributed by atoms with Gasteiger partial charge in [0.05, 0.1) is 16.8 Å². The van der Waals surface area contributed by atoms with Crippen LogP contribution in [0.25, 0.3) is 10.6 Å². The molecule has 3 heterocycles. The van der Waals surface area contributed by atoms with E-state index >= 15 is 0 Å². The number of piperidine rings is 1. The Hall–Kier alpha value is -0.880. The molecule has 1 aliphatic heterocycles. The first-order valence-corrected chi connectivity index (χ1v) is 7.70. The zero-order chi connectivity index (χ0) is 13.1. The minimum Gasteiger partial charge on any atom is -0.316 e. The van der Waals surface area contributed by atoms with Crippen LogP contribution < -0.4 is 5.32 Å². The number of hydrogen-bond acceptors (Lipinski definition) is 4. The molecule has 1 saturated heterocycles. The van der Waals surface area contributed by atoms with Crippen LogP contribution in [0, 0.1) is 0 Å². The van der Waals surface area contributed by atoms with E-state index < -0.39 is 0 Å². The maximum Gasteiger partial charge on any atom is 0.0794 e. The minimum atomic E-state index is 0. The van der Waals surface area contributed by atoms with E-state index in [1.165, 1.54) is 35.5 Å². The van der Waals surface area contributed by atoms with Crippen molar-refractivity contribution in [2.45, 2.75) is 25.4 Å². The average molecular weight is 313 g/mol. The van der Waals surface area contributed by atoms with Gasteiger partial charge in [-0.1, -0.05) is 6.07 Å². The molecule has 0 saturated carbocycles. The van der Waals surface area contributed by atoms with E-state index in [4.69, 9.17) is 0 Å². The second-order valence-electron chi connectivity index (χ2n) is 5.11. The Kier molecular flexibility index (Phi) is 5.60. The summed E-state index contributed by atoms with van der Waals surface area (Å²) < 4.78 is 0. The first kappa shape index (κ1) is 15.5. The molecule has 0 amide bonds. The molecule has 6 heteroatoms. The molecule has 0 aliphatic carbocycles. The third-order valence-electron chi connectivity index (χ3n) is 3.79. The summed E-state index contributed by atoms with van der Waals surface area (Å²) in [5.41, 5.74) is 2.49. The Bertz CT molecular complexity index is 511. The van der Waals surface area contributed by atoms with Crippen molar-refractivity contribution in [1.29, 1.82) is 0 Å². The number of hydrogen-bond donors (Lipinski definition) is 2. The Morgan fingerprint density at radius 2 is 2.45 bits per heavy atom. The van der Waals surface area contributed by atoms with Crippen molar-refractivity contribution in [3.05, 3.63) is 29.3 Å². The van der Waals surface area contributed by atoms with Crippen LogP contribution in [-0.2, 0) is 6.54 Å². The lowest BCUT2D eigenvalue weighted by Gasteiger charge is -2.32. The second-order valence-corrected chi connectivity index (χ2v) is 6.06. The van der Waals surface area contributed by atoms with Crippen molar-refractivity contribution in [3.8, 4) is 10.6 Å². The fraction of sp³-hybridized carbons (Fsp3) is 0.500. The van der Waals surface area contributed by atoms with E-state index in [0.29, 0.717) is 6.04 Å². The number of aromatic nitrogens is 2. The Morgan fingerprint density at radius 1 is 1.55 bits per heavy atom. The Balaban J connectivity index is 0.00000147. The molecule has 0 bridgehead atoms. The number of aromatic amines is 1. The van der Waals surface area contributed by atoms with Gasteiger partial charge in [-0.15, -0.1) is 23.7 Å². The summed E-state index contributed by atoms with van der Waals surface area (Å²) in [7, 11) is 2.06. The molecule has 1 aliphatic rings. The molecule has 2 aromatic heterocycles. The zero-order valence-corrected chi connectivity index (χ0v) is 13.3. The number of thiophene rings is 1. The molecular weight excluding hydrogens is 292 g/mol. The number of H-pyrrole nitrogens is 1. The number of likely N-dealkylation sites (N-methyl/N-ethyl adjacent to an activating group) is 1. The van der Waals surface area contributed by atoms with Crippen LogP contribution in [0.5, 0.6) is 0 Å². The summed E-state index contributed by atoms with van der Waals surface area (Å²) in [5.74, 6) is 0. The lowest BCUT2D eigenvalue weighted by molar-refractivity contribution is 0.188. The van der Waals surface area contributed by atoms with Gasteiger partial charge in [-0.3, -0.25) is 10.00 Å². The topological polar surface area (TPSA) is 44.0 Å². The van der Waals surface area contributed by atoms with Crippen molar-refractivity contribution in [1.82, 2.24) is 20.4 Å². The normalized spacial score (nSPS) is 19.8. The predicted octanol–water partition coefficient (Wildman–Crippen LogP) is 2.74. The molecule has 2 N–H and O–H groups in total. The highest BCUT2D eigenvalue weighted by atomic mass is 35.5. The van der Waals surface area contributed by atoms with Gasteiger partial charge in [0.1, 0.15) is 0 Å². The summed E-state index contributed by atoms with van der Waals surface area (Å²) >= 11 is 1.76.